The first-order valence-corrected chi connectivity index (χ1v) is 5.04. The molecule has 0 aliphatic rings. The van der Waals surface area contributed by atoms with E-state index in [1.54, 1.807) is 0 Å². The van der Waals surface area contributed by atoms with Gasteiger partial charge in [-0.3, -0.25) is 0 Å². The summed E-state index contributed by atoms with van der Waals surface area (Å²) in [5.41, 5.74) is 0.143. The fourth-order valence-corrected chi connectivity index (χ4v) is 1.20. The molecule has 0 aliphatic heterocycles. The molecule has 0 aliphatic carbocycles. The Balaban J connectivity index is 3.63. The maximum atomic E-state index is 8.85. The van der Waals surface area contributed by atoms with Crippen LogP contribution in [0.1, 0.15) is 46.5 Å². The zero-order chi connectivity index (χ0) is 9.45. The Kier molecular flexibility index (Phi) is 6.39. The molecule has 0 spiro atoms. The predicted octanol–water partition coefficient (Wildman–Crippen LogP) is 1.93. The predicted molar refractivity (Wildman–Crippen MR) is 53.3 cm³/mol. The zero-order valence-corrected chi connectivity index (χ0v) is 8.69. The zero-order valence-electron chi connectivity index (χ0n) is 8.69. The molecule has 0 rings (SSSR count). The van der Waals surface area contributed by atoms with Crippen LogP contribution in [0.25, 0.3) is 0 Å². The van der Waals surface area contributed by atoms with Crippen molar-refractivity contribution >= 4 is 0 Å². The van der Waals surface area contributed by atoms with Gasteiger partial charge in [0.05, 0.1) is 0 Å². The Labute approximate surface area is 76.4 Å². The maximum absolute atomic E-state index is 8.85. The molecule has 0 radical (unpaired) electrons. The topological polar surface area (TPSA) is 32.3 Å². The summed E-state index contributed by atoms with van der Waals surface area (Å²) in [6.45, 7) is 7.88. The molecule has 74 valence electrons. The highest BCUT2D eigenvalue weighted by Gasteiger charge is 2.19. The van der Waals surface area contributed by atoms with Crippen LogP contribution < -0.4 is 5.32 Å². The summed E-state index contributed by atoms with van der Waals surface area (Å²) in [5, 5.41) is 12.3. The van der Waals surface area contributed by atoms with Crippen molar-refractivity contribution in [3.8, 4) is 0 Å². The van der Waals surface area contributed by atoms with E-state index < -0.39 is 0 Å². The monoisotopic (exact) mass is 173 g/mol. The van der Waals surface area contributed by atoms with Crippen molar-refractivity contribution in [3.63, 3.8) is 0 Å². The lowest BCUT2D eigenvalue weighted by Crippen LogP contribution is -2.42. The van der Waals surface area contributed by atoms with Gasteiger partial charge in [0.15, 0.2) is 0 Å². The van der Waals surface area contributed by atoms with E-state index in [9.17, 15) is 0 Å². The molecule has 0 aromatic rings. The van der Waals surface area contributed by atoms with Crippen LogP contribution in [0.5, 0.6) is 0 Å². The molecule has 1 unspecified atom stereocenters. The summed E-state index contributed by atoms with van der Waals surface area (Å²) in [5.74, 6) is 0. The van der Waals surface area contributed by atoms with Crippen molar-refractivity contribution in [1.82, 2.24) is 5.32 Å². The van der Waals surface area contributed by atoms with Crippen molar-refractivity contribution in [3.05, 3.63) is 0 Å². The Hall–Kier alpha value is -0.0800. The van der Waals surface area contributed by atoms with Gasteiger partial charge in [-0.2, -0.15) is 0 Å². The first-order chi connectivity index (χ1) is 5.68. The van der Waals surface area contributed by atoms with E-state index in [1.165, 1.54) is 12.8 Å². The van der Waals surface area contributed by atoms with Gasteiger partial charge >= 0.3 is 0 Å². The minimum atomic E-state index is 0.143. The number of aliphatic hydroxyl groups is 1. The highest BCUT2D eigenvalue weighted by molar-refractivity contribution is 4.80. The van der Waals surface area contributed by atoms with Gasteiger partial charge < -0.3 is 10.4 Å². The Morgan fingerprint density at radius 2 is 2.00 bits per heavy atom. The van der Waals surface area contributed by atoms with Crippen LogP contribution in [0.3, 0.4) is 0 Å². The lowest BCUT2D eigenvalue weighted by molar-refractivity contribution is 0.215. The molecule has 12 heavy (non-hydrogen) atoms. The van der Waals surface area contributed by atoms with Crippen LogP contribution in [-0.2, 0) is 0 Å². The van der Waals surface area contributed by atoms with Crippen molar-refractivity contribution in [2.75, 3.05) is 13.2 Å². The van der Waals surface area contributed by atoms with Crippen LogP contribution >= 0.6 is 0 Å². The third-order valence-electron chi connectivity index (χ3n) is 2.53. The van der Waals surface area contributed by atoms with E-state index in [4.69, 9.17) is 5.11 Å². The van der Waals surface area contributed by atoms with E-state index >= 15 is 0 Å². The molecule has 0 amide bonds. The highest BCUT2D eigenvalue weighted by Crippen LogP contribution is 2.13. The second-order valence-electron chi connectivity index (χ2n) is 3.67. The van der Waals surface area contributed by atoms with E-state index in [0.717, 1.165) is 19.4 Å². The van der Waals surface area contributed by atoms with Crippen molar-refractivity contribution < 1.29 is 5.11 Å². The number of aliphatic hydroxyl groups excluding tert-OH is 1. The third kappa shape index (κ3) is 4.73. The van der Waals surface area contributed by atoms with Crippen LogP contribution in [-0.4, -0.2) is 23.8 Å². The first-order valence-electron chi connectivity index (χ1n) is 5.04. The van der Waals surface area contributed by atoms with E-state index in [2.05, 4.69) is 26.1 Å². The molecule has 0 saturated carbocycles. The standard InChI is InChI=1S/C10H23NO/c1-4-6-8-11-10(3,5-2)7-9-12/h11-12H,4-9H2,1-3H3. The van der Waals surface area contributed by atoms with Crippen molar-refractivity contribution in [2.45, 2.75) is 52.0 Å². The number of hydrogen-bond acceptors (Lipinski definition) is 2. The molecule has 2 nitrogen and oxygen atoms in total. The summed E-state index contributed by atoms with van der Waals surface area (Å²) in [6, 6.07) is 0. The smallest absolute Gasteiger partial charge is 0.0448 e. The molecule has 0 fully saturated rings. The molecule has 2 N–H and O–H groups in total. The Morgan fingerprint density at radius 1 is 1.33 bits per heavy atom. The van der Waals surface area contributed by atoms with Gasteiger partial charge in [-0.25, -0.2) is 0 Å². The second kappa shape index (κ2) is 6.44. The maximum Gasteiger partial charge on any atom is 0.0448 e. The van der Waals surface area contributed by atoms with Gasteiger partial charge in [-0.1, -0.05) is 20.3 Å². The van der Waals surface area contributed by atoms with Gasteiger partial charge in [0, 0.05) is 12.1 Å². The molecular formula is C10H23NO. The number of nitrogens with one attached hydrogen (secondary N) is 1. The SMILES string of the molecule is CCCCNC(C)(CC)CCO. The quantitative estimate of drug-likeness (QED) is 0.577. The molecule has 2 heteroatoms. The summed E-state index contributed by atoms with van der Waals surface area (Å²) in [4.78, 5) is 0. The summed E-state index contributed by atoms with van der Waals surface area (Å²) < 4.78 is 0. The Bertz CT molecular complexity index is 106. The summed E-state index contributed by atoms with van der Waals surface area (Å²) in [6.07, 6.45) is 4.39. The van der Waals surface area contributed by atoms with Gasteiger partial charge in [0.1, 0.15) is 0 Å². The van der Waals surface area contributed by atoms with Gasteiger partial charge in [-0.05, 0) is 32.7 Å². The second-order valence-corrected chi connectivity index (χ2v) is 3.67. The largest absolute Gasteiger partial charge is 0.396 e. The van der Waals surface area contributed by atoms with Gasteiger partial charge in [0.2, 0.25) is 0 Å². The number of unbranched alkanes of at least 4 members (excludes halogenated alkanes) is 1. The van der Waals surface area contributed by atoms with Crippen molar-refractivity contribution in [2.24, 2.45) is 0 Å². The number of hydrogen-bond donors (Lipinski definition) is 2. The number of rotatable bonds is 7. The van der Waals surface area contributed by atoms with E-state index in [1.807, 2.05) is 0 Å². The van der Waals surface area contributed by atoms with E-state index in [0.29, 0.717) is 0 Å². The summed E-state index contributed by atoms with van der Waals surface area (Å²) >= 11 is 0. The van der Waals surface area contributed by atoms with Crippen LogP contribution in [0.15, 0.2) is 0 Å². The van der Waals surface area contributed by atoms with E-state index in [-0.39, 0.29) is 12.1 Å². The third-order valence-corrected chi connectivity index (χ3v) is 2.53. The normalized spacial score (nSPS) is 16.0. The van der Waals surface area contributed by atoms with Gasteiger partial charge in [-0.15, -0.1) is 0 Å². The average Bonchev–Trinajstić information content (AvgIpc) is 2.06. The molecule has 1 atom stereocenters. The molecule has 0 saturated heterocycles. The molecule has 0 aromatic carbocycles. The lowest BCUT2D eigenvalue weighted by atomic mass is 9.95. The minimum Gasteiger partial charge on any atom is -0.396 e. The fourth-order valence-electron chi connectivity index (χ4n) is 1.20. The Morgan fingerprint density at radius 3 is 2.42 bits per heavy atom. The molecular weight excluding hydrogens is 150 g/mol. The molecule has 0 bridgehead atoms. The van der Waals surface area contributed by atoms with Crippen LogP contribution in [0.2, 0.25) is 0 Å². The average molecular weight is 173 g/mol. The first kappa shape index (κ1) is 11.9. The summed E-state index contributed by atoms with van der Waals surface area (Å²) in [7, 11) is 0. The molecule has 0 aromatic heterocycles. The van der Waals surface area contributed by atoms with Crippen LogP contribution in [0.4, 0.5) is 0 Å². The molecule has 0 heterocycles. The fraction of sp³-hybridized carbons (Fsp3) is 1.00. The van der Waals surface area contributed by atoms with Crippen molar-refractivity contribution in [1.29, 1.82) is 0 Å². The lowest BCUT2D eigenvalue weighted by Gasteiger charge is -2.29. The van der Waals surface area contributed by atoms with Gasteiger partial charge in [0.25, 0.3) is 0 Å². The minimum absolute atomic E-state index is 0.143. The van der Waals surface area contributed by atoms with Crippen LogP contribution in [0, 0.1) is 0 Å². The highest BCUT2D eigenvalue weighted by atomic mass is 16.3.